The van der Waals surface area contributed by atoms with Crippen molar-refractivity contribution in [2.24, 2.45) is 0 Å². The second kappa shape index (κ2) is 7.57. The molecule has 0 spiro atoms. The normalized spacial score (nSPS) is 14.3. The van der Waals surface area contributed by atoms with Gasteiger partial charge in [0, 0.05) is 43.8 Å². The minimum Gasteiger partial charge on any atom is -0.368 e. The molecule has 1 fully saturated rings. The van der Waals surface area contributed by atoms with Gasteiger partial charge in [-0.05, 0) is 54.6 Å². The predicted octanol–water partition coefficient (Wildman–Crippen LogP) is 3.83. The van der Waals surface area contributed by atoms with Crippen LogP contribution >= 0.6 is 0 Å². The molecule has 1 saturated heterocycles. The molecule has 0 aliphatic carbocycles. The Kier molecular flexibility index (Phi) is 4.82. The molecule has 0 amide bonds. The van der Waals surface area contributed by atoms with Crippen molar-refractivity contribution in [2.45, 2.75) is 0 Å². The lowest BCUT2D eigenvalue weighted by molar-refractivity contribution is 0.624. The smallest absolute Gasteiger partial charge is 0.229 e. The first-order chi connectivity index (χ1) is 13.2. The number of halogens is 2. The SMILES string of the molecule is Fc1ccc(Nc2nccc(N3CCN(c4ccc(F)cc4)CC3)n2)cc1. The molecular weight excluding hydrogens is 348 g/mol. The van der Waals surface area contributed by atoms with Gasteiger partial charge in [-0.2, -0.15) is 4.98 Å². The summed E-state index contributed by atoms with van der Waals surface area (Å²) in [6.45, 7) is 3.28. The number of nitrogens with zero attached hydrogens (tertiary/aromatic N) is 4. The minimum atomic E-state index is -0.283. The zero-order chi connectivity index (χ0) is 18.6. The molecule has 138 valence electrons. The van der Waals surface area contributed by atoms with E-state index in [1.54, 1.807) is 30.5 Å². The number of nitrogens with one attached hydrogen (secondary N) is 1. The first-order valence-electron chi connectivity index (χ1n) is 8.78. The second-order valence-corrected chi connectivity index (χ2v) is 6.32. The third-order valence-corrected chi connectivity index (χ3v) is 4.54. The van der Waals surface area contributed by atoms with E-state index in [1.165, 1.54) is 24.3 Å². The second-order valence-electron chi connectivity index (χ2n) is 6.32. The van der Waals surface area contributed by atoms with E-state index in [0.717, 1.165) is 43.4 Å². The van der Waals surface area contributed by atoms with E-state index in [4.69, 9.17) is 0 Å². The largest absolute Gasteiger partial charge is 0.368 e. The van der Waals surface area contributed by atoms with Crippen LogP contribution in [0.4, 0.5) is 31.9 Å². The van der Waals surface area contributed by atoms with Crippen molar-refractivity contribution in [3.05, 3.63) is 72.4 Å². The van der Waals surface area contributed by atoms with Gasteiger partial charge in [0.25, 0.3) is 0 Å². The lowest BCUT2D eigenvalue weighted by atomic mass is 10.2. The van der Waals surface area contributed by atoms with Gasteiger partial charge in [0.15, 0.2) is 0 Å². The maximum absolute atomic E-state index is 13.1. The number of anilines is 4. The quantitative estimate of drug-likeness (QED) is 0.759. The zero-order valence-corrected chi connectivity index (χ0v) is 14.6. The molecule has 7 heteroatoms. The van der Waals surface area contributed by atoms with Crippen molar-refractivity contribution >= 4 is 23.1 Å². The molecule has 0 saturated carbocycles. The maximum atomic E-state index is 13.1. The third-order valence-electron chi connectivity index (χ3n) is 4.54. The van der Waals surface area contributed by atoms with Gasteiger partial charge < -0.3 is 15.1 Å². The summed E-state index contributed by atoms with van der Waals surface area (Å²) in [4.78, 5) is 13.2. The molecule has 0 unspecified atom stereocenters. The van der Waals surface area contributed by atoms with Gasteiger partial charge in [-0.15, -0.1) is 0 Å². The van der Waals surface area contributed by atoms with Gasteiger partial charge in [0.2, 0.25) is 5.95 Å². The lowest BCUT2D eigenvalue weighted by Gasteiger charge is -2.36. The monoisotopic (exact) mass is 367 g/mol. The molecule has 1 N–H and O–H groups in total. The number of hydrogen-bond donors (Lipinski definition) is 1. The average molecular weight is 367 g/mol. The molecule has 5 nitrogen and oxygen atoms in total. The fraction of sp³-hybridized carbons (Fsp3) is 0.200. The van der Waals surface area contributed by atoms with Crippen molar-refractivity contribution in [1.29, 1.82) is 0 Å². The fourth-order valence-corrected chi connectivity index (χ4v) is 3.09. The molecule has 2 heterocycles. The van der Waals surface area contributed by atoms with E-state index in [2.05, 4.69) is 25.1 Å². The minimum absolute atomic E-state index is 0.223. The van der Waals surface area contributed by atoms with Crippen molar-refractivity contribution < 1.29 is 8.78 Å². The Morgan fingerprint density at radius 3 is 2.00 bits per heavy atom. The highest BCUT2D eigenvalue weighted by Crippen LogP contribution is 2.21. The summed E-state index contributed by atoms with van der Waals surface area (Å²) >= 11 is 0. The Hall–Kier alpha value is -3.22. The summed E-state index contributed by atoms with van der Waals surface area (Å²) in [5.41, 5.74) is 1.76. The standard InChI is InChI=1S/C20H19F2N5/c21-15-1-5-17(6-2-15)24-20-23-10-9-19(25-20)27-13-11-26(12-14-27)18-7-3-16(22)4-8-18/h1-10H,11-14H2,(H,23,24,25). The van der Waals surface area contributed by atoms with E-state index >= 15 is 0 Å². The van der Waals surface area contributed by atoms with Gasteiger partial charge in [0.05, 0.1) is 0 Å². The van der Waals surface area contributed by atoms with Crippen molar-refractivity contribution in [2.75, 3.05) is 41.3 Å². The molecule has 1 aliphatic rings. The maximum Gasteiger partial charge on any atom is 0.229 e. The number of rotatable bonds is 4. The van der Waals surface area contributed by atoms with Crippen LogP contribution in [0.15, 0.2) is 60.8 Å². The molecule has 1 aliphatic heterocycles. The average Bonchev–Trinajstić information content (AvgIpc) is 2.71. The van der Waals surface area contributed by atoms with Crippen LogP contribution in [0.5, 0.6) is 0 Å². The summed E-state index contributed by atoms with van der Waals surface area (Å²) in [7, 11) is 0. The van der Waals surface area contributed by atoms with Crippen LogP contribution in [0.3, 0.4) is 0 Å². The number of hydrogen-bond acceptors (Lipinski definition) is 5. The van der Waals surface area contributed by atoms with Crippen LogP contribution in [0.25, 0.3) is 0 Å². The summed E-state index contributed by atoms with van der Waals surface area (Å²) in [6.07, 6.45) is 1.71. The predicted molar refractivity (Wildman–Crippen MR) is 103 cm³/mol. The molecule has 4 rings (SSSR count). The molecular formula is C20H19F2N5. The van der Waals surface area contributed by atoms with E-state index < -0.39 is 0 Å². The molecule has 27 heavy (non-hydrogen) atoms. The van der Waals surface area contributed by atoms with Crippen LogP contribution in [-0.2, 0) is 0 Å². The van der Waals surface area contributed by atoms with E-state index in [1.807, 2.05) is 6.07 Å². The number of aromatic nitrogens is 2. The molecule has 0 atom stereocenters. The molecule has 3 aromatic rings. The summed E-state index contributed by atoms with van der Waals surface area (Å²) in [6, 6.07) is 14.5. The van der Waals surface area contributed by atoms with Crippen LogP contribution in [0.1, 0.15) is 0 Å². The van der Waals surface area contributed by atoms with Crippen LogP contribution in [0.2, 0.25) is 0 Å². The zero-order valence-electron chi connectivity index (χ0n) is 14.6. The Morgan fingerprint density at radius 1 is 0.741 bits per heavy atom. The Bertz CT molecular complexity index is 891. The Labute approximate surface area is 156 Å². The van der Waals surface area contributed by atoms with Gasteiger partial charge in [-0.1, -0.05) is 0 Å². The topological polar surface area (TPSA) is 44.3 Å². The first kappa shape index (κ1) is 17.2. The summed E-state index contributed by atoms with van der Waals surface area (Å²) in [5.74, 6) is 0.808. The third kappa shape index (κ3) is 4.13. The highest BCUT2D eigenvalue weighted by Gasteiger charge is 2.18. The van der Waals surface area contributed by atoms with Crippen LogP contribution in [0, 0.1) is 11.6 Å². The highest BCUT2D eigenvalue weighted by molar-refractivity contribution is 5.55. The highest BCUT2D eigenvalue weighted by atomic mass is 19.1. The van der Waals surface area contributed by atoms with E-state index in [9.17, 15) is 8.78 Å². The Balaban J connectivity index is 1.41. The van der Waals surface area contributed by atoms with Crippen molar-refractivity contribution in [3.63, 3.8) is 0 Å². The lowest BCUT2D eigenvalue weighted by Crippen LogP contribution is -2.46. The first-order valence-corrected chi connectivity index (χ1v) is 8.78. The van der Waals surface area contributed by atoms with Gasteiger partial charge >= 0.3 is 0 Å². The molecule has 2 aromatic carbocycles. The van der Waals surface area contributed by atoms with Crippen LogP contribution in [-0.4, -0.2) is 36.1 Å². The summed E-state index contributed by atoms with van der Waals surface area (Å²) in [5, 5.41) is 3.09. The fourth-order valence-electron chi connectivity index (χ4n) is 3.09. The van der Waals surface area contributed by atoms with E-state index in [-0.39, 0.29) is 11.6 Å². The number of piperazine rings is 1. The van der Waals surface area contributed by atoms with Gasteiger partial charge in [-0.25, -0.2) is 13.8 Å². The van der Waals surface area contributed by atoms with Crippen LogP contribution < -0.4 is 15.1 Å². The Morgan fingerprint density at radius 2 is 1.33 bits per heavy atom. The van der Waals surface area contributed by atoms with Crippen molar-refractivity contribution in [3.8, 4) is 0 Å². The van der Waals surface area contributed by atoms with Gasteiger partial charge in [0.1, 0.15) is 17.5 Å². The van der Waals surface area contributed by atoms with Gasteiger partial charge in [-0.3, -0.25) is 0 Å². The molecule has 1 aromatic heterocycles. The number of benzene rings is 2. The van der Waals surface area contributed by atoms with E-state index in [0.29, 0.717) is 5.95 Å². The summed E-state index contributed by atoms with van der Waals surface area (Å²) < 4.78 is 26.1. The molecule has 0 radical (unpaired) electrons. The van der Waals surface area contributed by atoms with Crippen molar-refractivity contribution in [1.82, 2.24) is 9.97 Å². The molecule has 0 bridgehead atoms.